The van der Waals surface area contributed by atoms with Crippen LogP contribution < -0.4 is 5.32 Å². The van der Waals surface area contributed by atoms with Crippen molar-refractivity contribution in [1.82, 2.24) is 5.32 Å². The van der Waals surface area contributed by atoms with Gasteiger partial charge in [0.25, 0.3) is 0 Å². The lowest BCUT2D eigenvalue weighted by molar-refractivity contribution is 0.473. The van der Waals surface area contributed by atoms with Crippen LogP contribution in [0.3, 0.4) is 0 Å². The molecule has 0 fully saturated rings. The quantitative estimate of drug-likeness (QED) is 0.724. The van der Waals surface area contributed by atoms with Gasteiger partial charge in [0.15, 0.2) is 0 Å². The summed E-state index contributed by atoms with van der Waals surface area (Å²) in [6.45, 7) is 10.8. The van der Waals surface area contributed by atoms with Gasteiger partial charge in [-0.15, -0.1) is 0 Å². The predicted octanol–water partition coefficient (Wildman–Crippen LogP) is 3.95. The van der Waals surface area contributed by atoms with Crippen molar-refractivity contribution in [3.63, 3.8) is 0 Å². The lowest BCUT2D eigenvalue weighted by Gasteiger charge is -2.14. The molecule has 0 saturated carbocycles. The van der Waals surface area contributed by atoms with Gasteiger partial charge < -0.3 is 5.32 Å². The molecule has 1 rings (SSSR count). The number of hydrogen-bond donors (Lipinski definition) is 1. The summed E-state index contributed by atoms with van der Waals surface area (Å²) >= 11 is 0. The van der Waals surface area contributed by atoms with Gasteiger partial charge in [-0.2, -0.15) is 0 Å². The van der Waals surface area contributed by atoms with Crippen molar-refractivity contribution >= 4 is 0 Å². The Morgan fingerprint density at radius 2 is 1.94 bits per heavy atom. The maximum Gasteiger partial charge on any atom is 0.123 e. The summed E-state index contributed by atoms with van der Waals surface area (Å²) in [4.78, 5) is 0. The van der Waals surface area contributed by atoms with E-state index in [9.17, 15) is 4.39 Å². The van der Waals surface area contributed by atoms with Gasteiger partial charge in [0, 0.05) is 0 Å². The maximum atomic E-state index is 13.0. The lowest BCUT2D eigenvalue weighted by atomic mass is 9.95. The number of benzene rings is 1. The molecule has 0 aromatic heterocycles. The van der Waals surface area contributed by atoms with Crippen LogP contribution in [0.4, 0.5) is 4.39 Å². The molecule has 1 aromatic rings. The number of halogens is 1. The highest BCUT2D eigenvalue weighted by atomic mass is 19.1. The van der Waals surface area contributed by atoms with E-state index in [0.717, 1.165) is 25.1 Å². The lowest BCUT2D eigenvalue weighted by Crippen LogP contribution is -2.22. The average Bonchev–Trinajstić information content (AvgIpc) is 2.28. The van der Waals surface area contributed by atoms with Gasteiger partial charge in [0.05, 0.1) is 0 Å². The molecule has 0 heterocycles. The fourth-order valence-electron chi connectivity index (χ4n) is 2.10. The smallest absolute Gasteiger partial charge is 0.123 e. The van der Waals surface area contributed by atoms with Crippen molar-refractivity contribution in [3.8, 4) is 0 Å². The van der Waals surface area contributed by atoms with E-state index in [0.29, 0.717) is 11.8 Å². The minimum absolute atomic E-state index is 0.137. The van der Waals surface area contributed by atoms with Crippen LogP contribution in [-0.4, -0.2) is 13.1 Å². The number of nitrogens with one attached hydrogen (secondary N) is 1. The van der Waals surface area contributed by atoms with Crippen molar-refractivity contribution in [1.29, 1.82) is 0 Å². The van der Waals surface area contributed by atoms with Gasteiger partial charge in [0.1, 0.15) is 5.82 Å². The number of hydrogen-bond acceptors (Lipinski definition) is 1. The summed E-state index contributed by atoms with van der Waals surface area (Å²) < 4.78 is 13.0. The third-order valence-electron chi connectivity index (χ3n) is 3.24. The predicted molar refractivity (Wildman–Crippen MR) is 76.3 cm³/mol. The molecule has 0 saturated heterocycles. The SMILES string of the molecule is Cc1cc(F)ccc1CC(C)CCNCC(C)C. The normalized spacial score (nSPS) is 13.0. The van der Waals surface area contributed by atoms with Crippen LogP contribution in [0.2, 0.25) is 0 Å². The van der Waals surface area contributed by atoms with Crippen LogP contribution in [0.1, 0.15) is 38.3 Å². The van der Waals surface area contributed by atoms with Crippen LogP contribution in [-0.2, 0) is 6.42 Å². The van der Waals surface area contributed by atoms with E-state index in [-0.39, 0.29) is 5.82 Å². The Hall–Kier alpha value is -0.890. The number of aryl methyl sites for hydroxylation is 1. The second kappa shape index (κ2) is 7.52. The fraction of sp³-hybridized carbons (Fsp3) is 0.625. The topological polar surface area (TPSA) is 12.0 Å². The van der Waals surface area contributed by atoms with E-state index in [1.807, 2.05) is 13.0 Å². The first kappa shape index (κ1) is 15.2. The van der Waals surface area contributed by atoms with Gasteiger partial charge in [-0.3, -0.25) is 0 Å². The molecule has 0 amide bonds. The molecule has 0 aliphatic heterocycles. The summed E-state index contributed by atoms with van der Waals surface area (Å²) in [6.07, 6.45) is 2.21. The molecule has 0 radical (unpaired) electrons. The van der Waals surface area contributed by atoms with Crippen LogP contribution in [0, 0.1) is 24.6 Å². The number of rotatable bonds is 7. The first-order valence-corrected chi connectivity index (χ1v) is 6.94. The van der Waals surface area contributed by atoms with Crippen molar-refractivity contribution < 1.29 is 4.39 Å². The van der Waals surface area contributed by atoms with Gasteiger partial charge in [0.2, 0.25) is 0 Å². The van der Waals surface area contributed by atoms with Crippen LogP contribution in [0.15, 0.2) is 18.2 Å². The second-order valence-corrected chi connectivity index (χ2v) is 5.77. The monoisotopic (exact) mass is 251 g/mol. The van der Waals surface area contributed by atoms with Crippen LogP contribution in [0.5, 0.6) is 0 Å². The molecule has 1 nitrogen and oxygen atoms in total. The van der Waals surface area contributed by atoms with Gasteiger partial charge in [-0.05, 0) is 68.0 Å². The second-order valence-electron chi connectivity index (χ2n) is 5.77. The molecule has 1 unspecified atom stereocenters. The molecule has 2 heteroatoms. The average molecular weight is 251 g/mol. The van der Waals surface area contributed by atoms with E-state index in [2.05, 4.69) is 26.1 Å². The Morgan fingerprint density at radius 1 is 1.22 bits per heavy atom. The van der Waals surface area contributed by atoms with E-state index < -0.39 is 0 Å². The molecule has 0 aliphatic carbocycles. The Kier molecular flexibility index (Phi) is 6.34. The van der Waals surface area contributed by atoms with Crippen LogP contribution >= 0.6 is 0 Å². The largest absolute Gasteiger partial charge is 0.316 e. The zero-order chi connectivity index (χ0) is 13.5. The Morgan fingerprint density at radius 3 is 2.56 bits per heavy atom. The molecule has 18 heavy (non-hydrogen) atoms. The zero-order valence-corrected chi connectivity index (χ0v) is 12.1. The molecule has 0 spiro atoms. The highest BCUT2D eigenvalue weighted by Gasteiger charge is 2.06. The summed E-state index contributed by atoms with van der Waals surface area (Å²) in [7, 11) is 0. The fourth-order valence-corrected chi connectivity index (χ4v) is 2.10. The zero-order valence-electron chi connectivity index (χ0n) is 12.1. The van der Waals surface area contributed by atoms with E-state index in [1.165, 1.54) is 12.0 Å². The van der Waals surface area contributed by atoms with E-state index in [1.54, 1.807) is 12.1 Å². The molecule has 102 valence electrons. The summed E-state index contributed by atoms with van der Waals surface area (Å²) in [5.74, 6) is 1.20. The first-order valence-electron chi connectivity index (χ1n) is 6.94. The van der Waals surface area contributed by atoms with Crippen molar-refractivity contribution in [2.75, 3.05) is 13.1 Å². The summed E-state index contributed by atoms with van der Waals surface area (Å²) in [5, 5.41) is 3.47. The minimum atomic E-state index is -0.137. The highest BCUT2D eigenvalue weighted by Crippen LogP contribution is 2.16. The third kappa shape index (κ3) is 5.63. The molecular weight excluding hydrogens is 225 g/mol. The van der Waals surface area contributed by atoms with Crippen LogP contribution in [0.25, 0.3) is 0 Å². The Balaban J connectivity index is 2.33. The third-order valence-corrected chi connectivity index (χ3v) is 3.24. The molecule has 0 aliphatic rings. The Labute approximate surface area is 111 Å². The first-order chi connectivity index (χ1) is 8.49. The molecule has 1 atom stereocenters. The van der Waals surface area contributed by atoms with E-state index >= 15 is 0 Å². The van der Waals surface area contributed by atoms with Crippen molar-refractivity contribution in [2.24, 2.45) is 11.8 Å². The maximum absolute atomic E-state index is 13.0. The Bertz CT molecular complexity index is 360. The minimum Gasteiger partial charge on any atom is -0.316 e. The van der Waals surface area contributed by atoms with E-state index in [4.69, 9.17) is 0 Å². The molecule has 1 N–H and O–H groups in total. The molecule has 0 bridgehead atoms. The van der Waals surface area contributed by atoms with Crippen molar-refractivity contribution in [2.45, 2.75) is 40.5 Å². The van der Waals surface area contributed by atoms with Gasteiger partial charge in [-0.1, -0.05) is 26.8 Å². The van der Waals surface area contributed by atoms with Gasteiger partial charge >= 0.3 is 0 Å². The highest BCUT2D eigenvalue weighted by molar-refractivity contribution is 5.26. The summed E-state index contributed by atoms with van der Waals surface area (Å²) in [5.41, 5.74) is 2.34. The van der Waals surface area contributed by atoms with Gasteiger partial charge in [-0.25, -0.2) is 4.39 Å². The standard InChI is InChI=1S/C16H26FN/c1-12(2)11-18-8-7-13(3)9-15-5-6-16(17)10-14(15)4/h5-6,10,12-13,18H,7-9,11H2,1-4H3. The summed E-state index contributed by atoms with van der Waals surface area (Å²) in [6, 6.07) is 5.11. The molecular formula is C16H26FN. The molecule has 1 aromatic carbocycles. The van der Waals surface area contributed by atoms with Crippen molar-refractivity contribution in [3.05, 3.63) is 35.1 Å².